The Hall–Kier alpha value is -2.43. The van der Waals surface area contributed by atoms with Gasteiger partial charge in [-0.05, 0) is 24.3 Å². The van der Waals surface area contributed by atoms with Gasteiger partial charge in [-0.1, -0.05) is 23.7 Å². The summed E-state index contributed by atoms with van der Waals surface area (Å²) in [6.45, 7) is 1.50. The fourth-order valence-corrected chi connectivity index (χ4v) is 4.36. The van der Waals surface area contributed by atoms with Gasteiger partial charge in [0.1, 0.15) is 0 Å². The van der Waals surface area contributed by atoms with Crippen LogP contribution in [-0.4, -0.2) is 60.1 Å². The number of hydrogen-bond acceptors (Lipinski definition) is 5. The Bertz CT molecular complexity index is 988. The van der Waals surface area contributed by atoms with Gasteiger partial charge < -0.3 is 10.2 Å². The number of amides is 2. The lowest BCUT2D eigenvalue weighted by Gasteiger charge is -2.34. The number of Topliss-reactive ketones (excluding diaryl/α,β-unsaturated/α-hetero) is 1. The number of hydrogen-bond donors (Lipinski definition) is 1. The van der Waals surface area contributed by atoms with Gasteiger partial charge in [0, 0.05) is 39.0 Å². The predicted octanol–water partition coefficient (Wildman–Crippen LogP) is 4.17. The van der Waals surface area contributed by atoms with Gasteiger partial charge in [0.2, 0.25) is 11.8 Å². The molecule has 0 atom stereocenters. The molecule has 2 amide bonds. The maximum Gasteiger partial charge on any atom is 0.418 e. The van der Waals surface area contributed by atoms with Crippen LogP contribution in [0.5, 0.6) is 0 Å². The summed E-state index contributed by atoms with van der Waals surface area (Å²) >= 11 is 7.00. The minimum Gasteiger partial charge on any atom is -0.340 e. The van der Waals surface area contributed by atoms with Crippen LogP contribution in [0.15, 0.2) is 36.4 Å². The highest BCUT2D eigenvalue weighted by Gasteiger charge is 2.33. The molecule has 32 heavy (non-hydrogen) atoms. The molecule has 1 aliphatic heterocycles. The number of para-hydroxylation sites is 1. The zero-order valence-corrected chi connectivity index (χ0v) is 18.5. The van der Waals surface area contributed by atoms with Crippen molar-refractivity contribution in [2.75, 3.05) is 38.0 Å². The number of carbonyl (C=O) groups is 3. The van der Waals surface area contributed by atoms with E-state index in [1.54, 1.807) is 21.9 Å². The topological polar surface area (TPSA) is 69.7 Å². The van der Waals surface area contributed by atoms with E-state index in [2.05, 4.69) is 5.32 Å². The third-order valence-electron chi connectivity index (χ3n) is 5.01. The minimum atomic E-state index is -4.56. The normalized spacial score (nSPS) is 14.9. The molecular formula is C21H21ClF3N3O3S. The van der Waals surface area contributed by atoms with Gasteiger partial charge in [-0.15, -0.1) is 11.3 Å². The molecule has 1 fully saturated rings. The number of benzene rings is 1. The van der Waals surface area contributed by atoms with Gasteiger partial charge in [-0.3, -0.25) is 19.3 Å². The smallest absolute Gasteiger partial charge is 0.340 e. The van der Waals surface area contributed by atoms with Gasteiger partial charge in [0.25, 0.3) is 0 Å². The molecule has 1 aromatic heterocycles. The van der Waals surface area contributed by atoms with E-state index >= 15 is 0 Å². The van der Waals surface area contributed by atoms with E-state index in [0.717, 1.165) is 6.07 Å². The lowest BCUT2D eigenvalue weighted by molar-refractivity contribution is -0.137. The number of piperazine rings is 1. The highest BCUT2D eigenvalue weighted by Crippen LogP contribution is 2.34. The van der Waals surface area contributed by atoms with Crippen molar-refractivity contribution < 1.29 is 27.6 Å². The Morgan fingerprint density at radius 2 is 1.69 bits per heavy atom. The first-order valence-corrected chi connectivity index (χ1v) is 11.1. The number of carbonyl (C=O) groups excluding carboxylic acids is 3. The number of halogens is 4. The summed E-state index contributed by atoms with van der Waals surface area (Å²) in [7, 11) is 0. The summed E-state index contributed by atoms with van der Waals surface area (Å²) in [5, 5.41) is 2.32. The van der Waals surface area contributed by atoms with Gasteiger partial charge >= 0.3 is 6.18 Å². The van der Waals surface area contributed by atoms with Crippen LogP contribution in [0.4, 0.5) is 18.9 Å². The van der Waals surface area contributed by atoms with E-state index in [-0.39, 0.29) is 36.8 Å². The average Bonchev–Trinajstić information content (AvgIpc) is 3.18. The van der Waals surface area contributed by atoms with Crippen molar-refractivity contribution in [1.82, 2.24) is 9.80 Å². The van der Waals surface area contributed by atoms with Crippen molar-refractivity contribution in [1.29, 1.82) is 0 Å². The second-order valence-corrected chi connectivity index (χ2v) is 8.99. The van der Waals surface area contributed by atoms with E-state index in [1.165, 1.54) is 29.5 Å². The van der Waals surface area contributed by atoms with E-state index in [9.17, 15) is 27.6 Å². The number of anilines is 1. The molecule has 0 radical (unpaired) electrons. The number of thiophene rings is 1. The summed E-state index contributed by atoms with van der Waals surface area (Å²) in [4.78, 5) is 40.7. The van der Waals surface area contributed by atoms with Crippen LogP contribution in [0.25, 0.3) is 0 Å². The van der Waals surface area contributed by atoms with Crippen LogP contribution < -0.4 is 5.32 Å². The zero-order valence-electron chi connectivity index (χ0n) is 17.0. The van der Waals surface area contributed by atoms with Gasteiger partial charge in [0.05, 0.1) is 27.0 Å². The van der Waals surface area contributed by atoms with E-state index < -0.39 is 17.6 Å². The van der Waals surface area contributed by atoms with Gasteiger partial charge in [-0.2, -0.15) is 13.2 Å². The maximum absolute atomic E-state index is 13.1. The Balaban J connectivity index is 1.43. The first-order valence-electron chi connectivity index (χ1n) is 9.88. The van der Waals surface area contributed by atoms with Gasteiger partial charge in [0.15, 0.2) is 5.78 Å². The van der Waals surface area contributed by atoms with E-state index in [0.29, 0.717) is 35.4 Å². The quantitative estimate of drug-likeness (QED) is 0.595. The third kappa shape index (κ3) is 6.54. The van der Waals surface area contributed by atoms with Crippen molar-refractivity contribution in [3.05, 3.63) is 51.2 Å². The summed E-state index contributed by atoms with van der Waals surface area (Å²) in [5.41, 5.74) is -1.18. The summed E-state index contributed by atoms with van der Waals surface area (Å²) in [5.74, 6) is -0.837. The fraction of sp³-hybridized carbons (Fsp3) is 0.381. The molecule has 1 aliphatic rings. The first kappa shape index (κ1) is 24.2. The SMILES string of the molecule is O=C(CN1CCN(C(=O)CCC(=O)c2ccc(Cl)s2)CC1)Nc1ccccc1C(F)(F)F. The van der Waals surface area contributed by atoms with Crippen LogP contribution in [0.3, 0.4) is 0 Å². The standard InChI is InChI=1S/C21H21ClF3N3O3S/c22-18-7-6-17(32-18)16(29)5-8-20(31)28-11-9-27(10-12-28)13-19(30)26-15-4-2-1-3-14(15)21(23,24)25/h1-4,6-7H,5,8-13H2,(H,26,30). The van der Waals surface area contributed by atoms with Crippen LogP contribution in [0, 0.1) is 0 Å². The lowest BCUT2D eigenvalue weighted by atomic mass is 10.1. The molecular weight excluding hydrogens is 467 g/mol. The third-order valence-corrected chi connectivity index (χ3v) is 6.28. The molecule has 172 valence electrons. The molecule has 3 rings (SSSR count). The molecule has 1 N–H and O–H groups in total. The molecule has 0 spiro atoms. The van der Waals surface area contributed by atoms with Crippen molar-refractivity contribution in [3.8, 4) is 0 Å². The highest BCUT2D eigenvalue weighted by atomic mass is 35.5. The molecule has 0 aliphatic carbocycles. The Morgan fingerprint density at radius 3 is 2.31 bits per heavy atom. The molecule has 1 aromatic carbocycles. The number of nitrogens with one attached hydrogen (secondary N) is 1. The maximum atomic E-state index is 13.1. The largest absolute Gasteiger partial charge is 0.418 e. The molecule has 2 heterocycles. The molecule has 0 bridgehead atoms. The predicted molar refractivity (Wildman–Crippen MR) is 116 cm³/mol. The van der Waals surface area contributed by atoms with E-state index in [1.807, 2.05) is 0 Å². The molecule has 6 nitrogen and oxygen atoms in total. The van der Waals surface area contributed by atoms with Gasteiger partial charge in [-0.25, -0.2) is 0 Å². The summed E-state index contributed by atoms with van der Waals surface area (Å²) in [6.07, 6.45) is -4.38. The van der Waals surface area contributed by atoms with Crippen LogP contribution in [-0.2, 0) is 15.8 Å². The number of rotatable bonds is 7. The monoisotopic (exact) mass is 487 g/mol. The second kappa shape index (κ2) is 10.5. The van der Waals surface area contributed by atoms with Crippen molar-refractivity contribution >= 4 is 46.2 Å². The molecule has 0 saturated carbocycles. The Labute approximate surface area is 191 Å². The Morgan fingerprint density at radius 1 is 1.00 bits per heavy atom. The number of alkyl halides is 3. The van der Waals surface area contributed by atoms with Crippen LogP contribution in [0.1, 0.15) is 28.1 Å². The number of nitrogens with zero attached hydrogens (tertiary/aromatic N) is 2. The summed E-state index contributed by atoms with van der Waals surface area (Å²) in [6, 6.07) is 8.08. The van der Waals surface area contributed by atoms with Crippen molar-refractivity contribution in [2.45, 2.75) is 19.0 Å². The second-order valence-electron chi connectivity index (χ2n) is 7.28. The van der Waals surface area contributed by atoms with E-state index in [4.69, 9.17) is 11.6 Å². The highest BCUT2D eigenvalue weighted by molar-refractivity contribution is 7.18. The van der Waals surface area contributed by atoms with Crippen LogP contribution in [0.2, 0.25) is 4.34 Å². The average molecular weight is 488 g/mol. The van der Waals surface area contributed by atoms with Crippen molar-refractivity contribution in [2.24, 2.45) is 0 Å². The summed E-state index contributed by atoms with van der Waals surface area (Å²) < 4.78 is 39.7. The van der Waals surface area contributed by atoms with Crippen LogP contribution >= 0.6 is 22.9 Å². The zero-order chi connectivity index (χ0) is 23.3. The van der Waals surface area contributed by atoms with Crippen molar-refractivity contribution in [3.63, 3.8) is 0 Å². The molecule has 2 aromatic rings. The molecule has 1 saturated heterocycles. The lowest BCUT2D eigenvalue weighted by Crippen LogP contribution is -2.50. The molecule has 0 unspecified atom stereocenters. The minimum absolute atomic E-state index is 0.0775. The first-order chi connectivity index (χ1) is 15.1. The fourth-order valence-electron chi connectivity index (χ4n) is 3.35. The number of ketones is 1. The molecule has 11 heteroatoms. The Kier molecular flexibility index (Phi) is 7.91.